The zero-order chi connectivity index (χ0) is 14.1. The van der Waals surface area contributed by atoms with Crippen LogP contribution in [0.2, 0.25) is 0 Å². The maximum absolute atomic E-state index is 12.2. The number of fused-ring (bicyclic) bond motifs is 1. The molecule has 3 rings (SSSR count). The molecule has 2 heterocycles. The first kappa shape index (κ1) is 12.6. The predicted octanol–water partition coefficient (Wildman–Crippen LogP) is 3.06. The van der Waals surface area contributed by atoms with Gasteiger partial charge in [0.1, 0.15) is 0 Å². The molecule has 0 saturated carbocycles. The van der Waals surface area contributed by atoms with Gasteiger partial charge in [-0.3, -0.25) is 9.78 Å². The van der Waals surface area contributed by atoms with Crippen LogP contribution in [-0.2, 0) is 6.54 Å². The lowest BCUT2D eigenvalue weighted by Crippen LogP contribution is -2.13. The molecule has 1 aromatic carbocycles. The second-order valence-electron chi connectivity index (χ2n) is 5.06. The minimum atomic E-state index is 0.106. The maximum atomic E-state index is 12.2. The van der Waals surface area contributed by atoms with Crippen molar-refractivity contribution >= 4 is 10.9 Å². The van der Waals surface area contributed by atoms with Gasteiger partial charge in [0.15, 0.2) is 5.43 Å². The highest BCUT2D eigenvalue weighted by Crippen LogP contribution is 2.13. The lowest BCUT2D eigenvalue weighted by molar-refractivity contribution is 0.789. The molecule has 0 N–H and O–H groups in total. The summed E-state index contributed by atoms with van der Waals surface area (Å²) in [6.45, 7) is 4.51. The first-order valence-electron chi connectivity index (χ1n) is 6.66. The van der Waals surface area contributed by atoms with E-state index in [1.165, 1.54) is 0 Å². The molecular formula is C17H16N2O. The second kappa shape index (κ2) is 4.93. The fourth-order valence-electron chi connectivity index (χ4n) is 2.48. The summed E-state index contributed by atoms with van der Waals surface area (Å²) in [6.07, 6.45) is 1.91. The SMILES string of the molecule is Cc1cccc(Cn2cc(C)c(=O)c3ccccc32)n1. The van der Waals surface area contributed by atoms with Crippen molar-refractivity contribution in [2.45, 2.75) is 20.4 Å². The van der Waals surface area contributed by atoms with Crippen molar-refractivity contribution in [2.75, 3.05) is 0 Å². The largest absolute Gasteiger partial charge is 0.341 e. The molecule has 20 heavy (non-hydrogen) atoms. The van der Waals surface area contributed by atoms with Crippen molar-refractivity contribution in [3.63, 3.8) is 0 Å². The molecule has 0 saturated heterocycles. The fraction of sp³-hybridized carbons (Fsp3) is 0.176. The molecule has 0 atom stereocenters. The van der Waals surface area contributed by atoms with E-state index >= 15 is 0 Å². The molecule has 0 aliphatic carbocycles. The van der Waals surface area contributed by atoms with E-state index in [0.717, 1.165) is 27.9 Å². The average molecular weight is 264 g/mol. The highest BCUT2D eigenvalue weighted by atomic mass is 16.1. The third-order valence-electron chi connectivity index (χ3n) is 3.44. The highest BCUT2D eigenvalue weighted by molar-refractivity contribution is 5.79. The molecule has 3 heteroatoms. The Bertz CT molecular complexity index is 834. The molecule has 0 unspecified atom stereocenters. The van der Waals surface area contributed by atoms with Gasteiger partial charge in [-0.1, -0.05) is 18.2 Å². The average Bonchev–Trinajstić information content (AvgIpc) is 2.45. The maximum Gasteiger partial charge on any atom is 0.192 e. The fourth-order valence-corrected chi connectivity index (χ4v) is 2.48. The molecule has 0 spiro atoms. The number of aromatic nitrogens is 2. The summed E-state index contributed by atoms with van der Waals surface area (Å²) in [5.74, 6) is 0. The van der Waals surface area contributed by atoms with Crippen molar-refractivity contribution in [2.24, 2.45) is 0 Å². The molecule has 2 aromatic heterocycles. The van der Waals surface area contributed by atoms with Crippen LogP contribution in [0.4, 0.5) is 0 Å². The van der Waals surface area contributed by atoms with E-state index in [0.29, 0.717) is 6.54 Å². The number of aryl methyl sites for hydroxylation is 2. The molecule has 3 nitrogen and oxygen atoms in total. The summed E-state index contributed by atoms with van der Waals surface area (Å²) in [6, 6.07) is 13.7. The van der Waals surface area contributed by atoms with E-state index in [4.69, 9.17) is 0 Å². The number of hydrogen-bond donors (Lipinski definition) is 0. The number of pyridine rings is 2. The Balaban J connectivity index is 2.17. The molecule has 100 valence electrons. The first-order valence-corrected chi connectivity index (χ1v) is 6.66. The van der Waals surface area contributed by atoms with Crippen molar-refractivity contribution < 1.29 is 0 Å². The summed E-state index contributed by atoms with van der Waals surface area (Å²) >= 11 is 0. The smallest absolute Gasteiger partial charge is 0.192 e. The Hall–Kier alpha value is -2.42. The van der Waals surface area contributed by atoms with E-state index in [9.17, 15) is 4.79 Å². The molecule has 0 radical (unpaired) electrons. The molecule has 0 bridgehead atoms. The molecule has 0 aliphatic rings. The number of hydrogen-bond acceptors (Lipinski definition) is 2. The normalized spacial score (nSPS) is 10.9. The van der Waals surface area contributed by atoms with E-state index in [-0.39, 0.29) is 5.43 Å². The van der Waals surface area contributed by atoms with Gasteiger partial charge in [0.2, 0.25) is 0 Å². The lowest BCUT2D eigenvalue weighted by atomic mass is 10.1. The predicted molar refractivity (Wildman–Crippen MR) is 81.0 cm³/mol. The Morgan fingerprint density at radius 2 is 1.85 bits per heavy atom. The number of para-hydroxylation sites is 1. The molecule has 0 fully saturated rings. The van der Waals surface area contributed by atoms with Crippen molar-refractivity contribution in [1.82, 2.24) is 9.55 Å². The second-order valence-corrected chi connectivity index (χ2v) is 5.06. The Labute approximate surface area is 117 Å². The van der Waals surface area contributed by atoms with Crippen LogP contribution in [0, 0.1) is 13.8 Å². The first-order chi connectivity index (χ1) is 9.65. The van der Waals surface area contributed by atoms with Crippen LogP contribution in [0.5, 0.6) is 0 Å². The monoisotopic (exact) mass is 264 g/mol. The number of nitrogens with zero attached hydrogens (tertiary/aromatic N) is 2. The van der Waals surface area contributed by atoms with Gasteiger partial charge < -0.3 is 4.57 Å². The Kier molecular flexibility index (Phi) is 3.11. The van der Waals surface area contributed by atoms with Gasteiger partial charge in [-0.2, -0.15) is 0 Å². The lowest BCUT2D eigenvalue weighted by Gasteiger charge is -2.12. The van der Waals surface area contributed by atoms with Crippen LogP contribution in [0.15, 0.2) is 53.5 Å². The van der Waals surface area contributed by atoms with Gasteiger partial charge in [0.25, 0.3) is 0 Å². The Morgan fingerprint density at radius 1 is 1.05 bits per heavy atom. The zero-order valence-corrected chi connectivity index (χ0v) is 11.6. The summed E-state index contributed by atoms with van der Waals surface area (Å²) in [7, 11) is 0. The van der Waals surface area contributed by atoms with Crippen molar-refractivity contribution in [1.29, 1.82) is 0 Å². The Morgan fingerprint density at radius 3 is 2.65 bits per heavy atom. The quantitative estimate of drug-likeness (QED) is 0.713. The third kappa shape index (κ3) is 2.23. The minimum Gasteiger partial charge on any atom is -0.341 e. The van der Waals surface area contributed by atoms with Crippen LogP contribution >= 0.6 is 0 Å². The number of benzene rings is 1. The van der Waals surface area contributed by atoms with Crippen molar-refractivity contribution in [3.05, 3.63) is 75.8 Å². The number of rotatable bonds is 2. The minimum absolute atomic E-state index is 0.106. The van der Waals surface area contributed by atoms with Gasteiger partial charge in [-0.05, 0) is 38.1 Å². The summed E-state index contributed by atoms with van der Waals surface area (Å²) in [4.78, 5) is 16.7. The zero-order valence-electron chi connectivity index (χ0n) is 11.6. The van der Waals surface area contributed by atoms with Gasteiger partial charge in [0.05, 0.1) is 17.8 Å². The molecule has 0 amide bonds. The van der Waals surface area contributed by atoms with E-state index in [2.05, 4.69) is 9.55 Å². The van der Waals surface area contributed by atoms with E-state index in [1.54, 1.807) is 0 Å². The van der Waals surface area contributed by atoms with Crippen molar-refractivity contribution in [3.8, 4) is 0 Å². The summed E-state index contributed by atoms with van der Waals surface area (Å²) in [5.41, 5.74) is 3.82. The van der Waals surface area contributed by atoms with Crippen LogP contribution in [0.1, 0.15) is 17.0 Å². The topological polar surface area (TPSA) is 34.9 Å². The summed E-state index contributed by atoms with van der Waals surface area (Å²) < 4.78 is 2.09. The van der Waals surface area contributed by atoms with Gasteiger partial charge in [0, 0.05) is 22.8 Å². The molecule has 0 aliphatic heterocycles. The van der Waals surface area contributed by atoms with Crippen LogP contribution in [-0.4, -0.2) is 9.55 Å². The summed E-state index contributed by atoms with van der Waals surface area (Å²) in [5, 5.41) is 0.764. The van der Waals surface area contributed by atoms with Gasteiger partial charge in [-0.25, -0.2) is 0 Å². The van der Waals surface area contributed by atoms with Gasteiger partial charge in [-0.15, -0.1) is 0 Å². The van der Waals surface area contributed by atoms with Crippen LogP contribution < -0.4 is 5.43 Å². The molecular weight excluding hydrogens is 248 g/mol. The van der Waals surface area contributed by atoms with Crippen LogP contribution in [0.25, 0.3) is 10.9 Å². The van der Waals surface area contributed by atoms with Crippen LogP contribution in [0.3, 0.4) is 0 Å². The molecule has 3 aromatic rings. The highest BCUT2D eigenvalue weighted by Gasteiger charge is 2.06. The standard InChI is InChI=1S/C17H16N2O/c1-12-10-19(11-14-7-5-6-13(2)18-14)16-9-4-3-8-15(16)17(12)20/h3-10H,11H2,1-2H3. The van der Waals surface area contributed by atoms with E-state index in [1.807, 2.05) is 62.5 Å². The van der Waals surface area contributed by atoms with Gasteiger partial charge >= 0.3 is 0 Å². The van der Waals surface area contributed by atoms with E-state index < -0.39 is 0 Å². The third-order valence-corrected chi connectivity index (χ3v) is 3.44.